The fourth-order valence-electron chi connectivity index (χ4n) is 1.94. The summed E-state index contributed by atoms with van der Waals surface area (Å²) in [6.07, 6.45) is 5.12. The predicted molar refractivity (Wildman–Crippen MR) is 71.5 cm³/mol. The van der Waals surface area contributed by atoms with Crippen molar-refractivity contribution in [3.8, 4) is 0 Å². The van der Waals surface area contributed by atoms with Crippen molar-refractivity contribution in [1.82, 2.24) is 20.5 Å². The van der Waals surface area contributed by atoms with Crippen molar-refractivity contribution in [1.29, 1.82) is 0 Å². The van der Waals surface area contributed by atoms with Crippen LogP contribution in [0.5, 0.6) is 0 Å². The maximum atomic E-state index is 12.2. The smallest absolute Gasteiger partial charge is 0.253 e. The molecule has 2 N–H and O–H groups in total. The standard InChI is InChI=1S/C14H12N4O/c19-14(16-7-10-8-17-18-9-10)12-5-1-3-11-4-2-6-15-13(11)12/h1-6,8-9H,7H2,(H,16,19)(H,17,18). The Morgan fingerprint density at radius 3 is 3.00 bits per heavy atom. The zero-order chi connectivity index (χ0) is 13.1. The zero-order valence-corrected chi connectivity index (χ0v) is 10.1. The first kappa shape index (κ1) is 11.4. The molecule has 0 aliphatic carbocycles. The number of carbonyl (C=O) groups is 1. The third-order valence-electron chi connectivity index (χ3n) is 2.89. The number of carbonyl (C=O) groups excluding carboxylic acids is 1. The van der Waals surface area contributed by atoms with Gasteiger partial charge in [0.2, 0.25) is 0 Å². The number of nitrogens with zero attached hydrogens (tertiary/aromatic N) is 2. The lowest BCUT2D eigenvalue weighted by Gasteiger charge is -2.06. The predicted octanol–water partition coefficient (Wildman–Crippen LogP) is 1.89. The lowest BCUT2D eigenvalue weighted by molar-refractivity contribution is 0.0952. The molecule has 0 spiro atoms. The first-order valence-electron chi connectivity index (χ1n) is 5.94. The van der Waals surface area contributed by atoms with Gasteiger partial charge in [0.25, 0.3) is 5.91 Å². The molecular formula is C14H12N4O. The maximum Gasteiger partial charge on any atom is 0.253 e. The molecule has 0 unspecified atom stereocenters. The third kappa shape index (κ3) is 2.30. The van der Waals surface area contributed by atoms with Gasteiger partial charge in [-0.3, -0.25) is 14.9 Å². The van der Waals surface area contributed by atoms with Gasteiger partial charge < -0.3 is 5.32 Å². The second-order valence-electron chi connectivity index (χ2n) is 4.17. The van der Waals surface area contributed by atoms with Gasteiger partial charge in [0, 0.05) is 29.9 Å². The summed E-state index contributed by atoms with van der Waals surface area (Å²) in [6, 6.07) is 9.37. The SMILES string of the molecule is O=C(NCc1cn[nH]c1)c1cccc2cccnc12. The van der Waals surface area contributed by atoms with E-state index in [0.717, 1.165) is 16.5 Å². The van der Waals surface area contributed by atoms with E-state index in [1.807, 2.05) is 24.3 Å². The number of aromatic amines is 1. The molecule has 0 atom stereocenters. The van der Waals surface area contributed by atoms with Gasteiger partial charge in [0.05, 0.1) is 17.3 Å². The largest absolute Gasteiger partial charge is 0.348 e. The molecule has 0 aliphatic heterocycles. The quantitative estimate of drug-likeness (QED) is 0.747. The Morgan fingerprint density at radius 1 is 1.26 bits per heavy atom. The van der Waals surface area contributed by atoms with Gasteiger partial charge in [-0.05, 0) is 12.1 Å². The number of amides is 1. The minimum absolute atomic E-state index is 0.134. The first-order chi connectivity index (χ1) is 9.34. The molecule has 1 amide bonds. The van der Waals surface area contributed by atoms with E-state index in [9.17, 15) is 4.79 Å². The molecule has 5 heteroatoms. The summed E-state index contributed by atoms with van der Waals surface area (Å²) in [5, 5.41) is 10.4. The van der Waals surface area contributed by atoms with E-state index in [1.165, 1.54) is 0 Å². The van der Waals surface area contributed by atoms with Gasteiger partial charge in [-0.15, -0.1) is 0 Å². The number of nitrogens with one attached hydrogen (secondary N) is 2. The topological polar surface area (TPSA) is 70.7 Å². The Labute approximate surface area is 109 Å². The normalized spacial score (nSPS) is 10.5. The molecule has 2 heterocycles. The summed E-state index contributed by atoms with van der Waals surface area (Å²) in [7, 11) is 0. The lowest BCUT2D eigenvalue weighted by Crippen LogP contribution is -2.23. The number of pyridine rings is 1. The number of para-hydroxylation sites is 1. The van der Waals surface area contributed by atoms with Gasteiger partial charge in [-0.25, -0.2) is 0 Å². The highest BCUT2D eigenvalue weighted by Gasteiger charge is 2.10. The summed E-state index contributed by atoms with van der Waals surface area (Å²) in [5.74, 6) is -0.134. The van der Waals surface area contributed by atoms with Gasteiger partial charge in [0.15, 0.2) is 0 Å². The van der Waals surface area contributed by atoms with Crippen LogP contribution in [0.25, 0.3) is 10.9 Å². The van der Waals surface area contributed by atoms with E-state index >= 15 is 0 Å². The molecule has 5 nitrogen and oxygen atoms in total. The average Bonchev–Trinajstić information content (AvgIpc) is 2.97. The number of benzene rings is 1. The number of fused-ring (bicyclic) bond motifs is 1. The van der Waals surface area contributed by atoms with Gasteiger partial charge in [0.1, 0.15) is 0 Å². The van der Waals surface area contributed by atoms with Gasteiger partial charge in [-0.2, -0.15) is 5.10 Å². The third-order valence-corrected chi connectivity index (χ3v) is 2.89. The van der Waals surface area contributed by atoms with Gasteiger partial charge >= 0.3 is 0 Å². The highest BCUT2D eigenvalue weighted by atomic mass is 16.1. The second kappa shape index (κ2) is 4.89. The van der Waals surface area contributed by atoms with E-state index in [-0.39, 0.29) is 5.91 Å². The Balaban J connectivity index is 1.85. The summed E-state index contributed by atoms with van der Waals surface area (Å²) < 4.78 is 0. The van der Waals surface area contributed by atoms with Crippen LogP contribution >= 0.6 is 0 Å². The molecule has 1 aromatic carbocycles. The van der Waals surface area contributed by atoms with Crippen LogP contribution in [0.2, 0.25) is 0 Å². The van der Waals surface area contributed by atoms with Crippen LogP contribution in [-0.4, -0.2) is 21.1 Å². The molecule has 0 saturated carbocycles. The second-order valence-corrected chi connectivity index (χ2v) is 4.17. The van der Waals surface area contributed by atoms with Crippen molar-refractivity contribution < 1.29 is 4.79 Å². The molecule has 0 aliphatic rings. The van der Waals surface area contributed by atoms with Crippen LogP contribution in [-0.2, 0) is 6.54 Å². The zero-order valence-electron chi connectivity index (χ0n) is 10.1. The number of hydrogen-bond acceptors (Lipinski definition) is 3. The Bertz CT molecular complexity index is 701. The van der Waals surface area contributed by atoms with Crippen molar-refractivity contribution in [2.45, 2.75) is 6.54 Å². The molecular weight excluding hydrogens is 240 g/mol. The summed E-state index contributed by atoms with van der Waals surface area (Å²) in [5.41, 5.74) is 2.23. The van der Waals surface area contributed by atoms with Crippen LogP contribution < -0.4 is 5.32 Å². The molecule has 94 valence electrons. The summed E-state index contributed by atoms with van der Waals surface area (Å²) >= 11 is 0. The Morgan fingerprint density at radius 2 is 2.16 bits per heavy atom. The Kier molecular flexibility index (Phi) is 2.94. The van der Waals surface area contributed by atoms with Crippen molar-refractivity contribution in [3.63, 3.8) is 0 Å². The minimum atomic E-state index is -0.134. The van der Waals surface area contributed by atoms with Crippen molar-refractivity contribution in [3.05, 3.63) is 60.0 Å². The molecule has 0 bridgehead atoms. The summed E-state index contributed by atoms with van der Waals surface area (Å²) in [6.45, 7) is 0.443. The van der Waals surface area contributed by atoms with E-state index in [2.05, 4.69) is 20.5 Å². The molecule has 0 fully saturated rings. The fourth-order valence-corrected chi connectivity index (χ4v) is 1.94. The highest BCUT2D eigenvalue weighted by molar-refractivity contribution is 6.05. The van der Waals surface area contributed by atoms with Crippen molar-refractivity contribution in [2.75, 3.05) is 0 Å². The number of hydrogen-bond donors (Lipinski definition) is 2. The van der Waals surface area contributed by atoms with E-state index in [0.29, 0.717) is 12.1 Å². The monoisotopic (exact) mass is 252 g/mol. The number of aromatic nitrogens is 3. The highest BCUT2D eigenvalue weighted by Crippen LogP contribution is 2.15. The van der Waals surface area contributed by atoms with E-state index in [1.54, 1.807) is 24.7 Å². The summed E-state index contributed by atoms with van der Waals surface area (Å²) in [4.78, 5) is 16.4. The molecule has 3 rings (SSSR count). The minimum Gasteiger partial charge on any atom is -0.348 e. The van der Waals surface area contributed by atoms with Crippen LogP contribution in [0.3, 0.4) is 0 Å². The van der Waals surface area contributed by atoms with Crippen molar-refractivity contribution in [2.24, 2.45) is 0 Å². The maximum absolute atomic E-state index is 12.2. The Hall–Kier alpha value is -2.69. The van der Waals surface area contributed by atoms with Crippen LogP contribution in [0.4, 0.5) is 0 Å². The fraction of sp³-hybridized carbons (Fsp3) is 0.0714. The molecule has 19 heavy (non-hydrogen) atoms. The molecule has 0 radical (unpaired) electrons. The van der Waals surface area contributed by atoms with Crippen molar-refractivity contribution >= 4 is 16.8 Å². The average molecular weight is 252 g/mol. The molecule has 0 saturated heterocycles. The molecule has 3 aromatic rings. The number of H-pyrrole nitrogens is 1. The molecule has 2 aromatic heterocycles. The van der Waals surface area contributed by atoms with Crippen LogP contribution in [0.1, 0.15) is 15.9 Å². The lowest BCUT2D eigenvalue weighted by atomic mass is 10.1. The van der Waals surface area contributed by atoms with Gasteiger partial charge in [-0.1, -0.05) is 18.2 Å². The van der Waals surface area contributed by atoms with E-state index < -0.39 is 0 Å². The van der Waals surface area contributed by atoms with Crippen LogP contribution in [0.15, 0.2) is 48.9 Å². The first-order valence-corrected chi connectivity index (χ1v) is 5.94. The van der Waals surface area contributed by atoms with E-state index in [4.69, 9.17) is 0 Å². The van der Waals surface area contributed by atoms with Crippen LogP contribution in [0, 0.1) is 0 Å². The number of rotatable bonds is 3.